The van der Waals surface area contributed by atoms with E-state index >= 15 is 0 Å². The Morgan fingerprint density at radius 1 is 1.07 bits per heavy atom. The molecule has 2 aliphatic heterocycles. The SMILES string of the molecule is C=C1Oc2ccccc2-c2c1cnn2CC(=O)Cc1ccc2c(c1)OCO2. The Labute approximate surface area is 155 Å². The average Bonchev–Trinajstić information content (AvgIpc) is 3.29. The number of carbonyl (C=O) groups is 1. The zero-order valence-corrected chi connectivity index (χ0v) is 14.5. The molecule has 0 unspecified atom stereocenters. The van der Waals surface area contributed by atoms with Gasteiger partial charge in [-0.1, -0.05) is 24.8 Å². The number of hydrogen-bond donors (Lipinski definition) is 0. The number of Topliss-reactive ketones (excluding diaryl/α,β-unsaturated/α-hetero) is 1. The summed E-state index contributed by atoms with van der Waals surface area (Å²) in [5, 5.41) is 4.40. The number of benzene rings is 2. The van der Waals surface area contributed by atoms with Gasteiger partial charge in [-0.05, 0) is 29.8 Å². The maximum atomic E-state index is 12.7. The number of nitrogens with zero attached hydrogens (tertiary/aromatic N) is 2. The third-order valence-electron chi connectivity index (χ3n) is 4.68. The summed E-state index contributed by atoms with van der Waals surface area (Å²) in [5.41, 5.74) is 3.47. The number of ether oxygens (including phenoxy) is 3. The van der Waals surface area contributed by atoms with E-state index in [1.807, 2.05) is 42.5 Å². The summed E-state index contributed by atoms with van der Waals surface area (Å²) in [6.07, 6.45) is 1.99. The summed E-state index contributed by atoms with van der Waals surface area (Å²) in [6.45, 7) is 4.35. The Kier molecular flexibility index (Phi) is 3.50. The predicted molar refractivity (Wildman–Crippen MR) is 98.6 cm³/mol. The van der Waals surface area contributed by atoms with Gasteiger partial charge in [-0.25, -0.2) is 0 Å². The van der Waals surface area contributed by atoms with Gasteiger partial charge in [0.2, 0.25) is 6.79 Å². The van der Waals surface area contributed by atoms with Crippen LogP contribution in [0.15, 0.2) is 55.2 Å². The van der Waals surface area contributed by atoms with Crippen LogP contribution in [0.5, 0.6) is 17.2 Å². The third-order valence-corrected chi connectivity index (χ3v) is 4.68. The lowest BCUT2D eigenvalue weighted by atomic mass is 10.0. The van der Waals surface area contributed by atoms with Gasteiger partial charge in [0, 0.05) is 12.0 Å². The van der Waals surface area contributed by atoms with Crippen LogP contribution in [-0.4, -0.2) is 22.4 Å². The molecule has 2 aromatic carbocycles. The van der Waals surface area contributed by atoms with E-state index in [1.165, 1.54) is 0 Å². The second-order valence-corrected chi connectivity index (χ2v) is 6.49. The van der Waals surface area contributed by atoms with Crippen LogP contribution in [0.25, 0.3) is 17.0 Å². The number of para-hydroxylation sites is 1. The Balaban J connectivity index is 1.41. The van der Waals surface area contributed by atoms with Crippen LogP contribution in [0, 0.1) is 0 Å². The molecule has 0 atom stereocenters. The zero-order chi connectivity index (χ0) is 18.4. The monoisotopic (exact) mass is 360 g/mol. The molecule has 0 spiro atoms. The highest BCUT2D eigenvalue weighted by molar-refractivity contribution is 5.86. The van der Waals surface area contributed by atoms with Crippen molar-refractivity contribution in [1.29, 1.82) is 0 Å². The standard InChI is InChI=1S/C21H16N2O4/c1-13-17-10-22-23(21(17)16-4-2-3-5-18(16)27-13)11-15(24)8-14-6-7-19-20(9-14)26-12-25-19/h2-7,9-10H,1,8,11-12H2. The van der Waals surface area contributed by atoms with Crippen LogP contribution < -0.4 is 14.2 Å². The molecule has 0 saturated carbocycles. The molecule has 0 N–H and O–H groups in total. The number of carbonyl (C=O) groups excluding carboxylic acids is 1. The molecule has 1 aromatic heterocycles. The molecule has 3 heterocycles. The number of rotatable bonds is 4. The van der Waals surface area contributed by atoms with E-state index in [1.54, 1.807) is 10.9 Å². The van der Waals surface area contributed by atoms with Crippen molar-refractivity contribution in [3.05, 3.63) is 66.4 Å². The summed E-state index contributed by atoms with van der Waals surface area (Å²) in [4.78, 5) is 12.7. The van der Waals surface area contributed by atoms with Gasteiger partial charge in [-0.2, -0.15) is 5.10 Å². The molecule has 0 bridgehead atoms. The first-order valence-corrected chi connectivity index (χ1v) is 8.61. The lowest BCUT2D eigenvalue weighted by Gasteiger charge is -2.20. The molecule has 0 radical (unpaired) electrons. The second kappa shape index (κ2) is 6.02. The van der Waals surface area contributed by atoms with E-state index in [4.69, 9.17) is 14.2 Å². The first kappa shape index (κ1) is 15.7. The fraction of sp³-hybridized carbons (Fsp3) is 0.143. The summed E-state index contributed by atoms with van der Waals surface area (Å²) in [5.74, 6) is 2.70. The topological polar surface area (TPSA) is 62.6 Å². The Morgan fingerprint density at radius 2 is 1.93 bits per heavy atom. The highest BCUT2D eigenvalue weighted by Crippen LogP contribution is 2.41. The molecule has 134 valence electrons. The molecule has 2 aliphatic rings. The highest BCUT2D eigenvalue weighted by Gasteiger charge is 2.25. The molecular weight excluding hydrogens is 344 g/mol. The molecule has 6 heteroatoms. The molecule has 0 fully saturated rings. The number of ketones is 1. The van der Waals surface area contributed by atoms with Crippen LogP contribution >= 0.6 is 0 Å². The van der Waals surface area contributed by atoms with E-state index in [0.29, 0.717) is 23.7 Å². The van der Waals surface area contributed by atoms with Gasteiger partial charge in [0.1, 0.15) is 18.1 Å². The molecule has 5 rings (SSSR count). The van der Waals surface area contributed by atoms with Crippen molar-refractivity contribution in [2.24, 2.45) is 0 Å². The van der Waals surface area contributed by atoms with Crippen LogP contribution in [0.4, 0.5) is 0 Å². The van der Waals surface area contributed by atoms with Crippen molar-refractivity contribution in [1.82, 2.24) is 9.78 Å². The van der Waals surface area contributed by atoms with Gasteiger partial charge in [0.15, 0.2) is 17.3 Å². The fourth-order valence-corrected chi connectivity index (χ4v) is 3.43. The highest BCUT2D eigenvalue weighted by atomic mass is 16.7. The van der Waals surface area contributed by atoms with Crippen LogP contribution in [0.1, 0.15) is 11.1 Å². The van der Waals surface area contributed by atoms with Gasteiger partial charge < -0.3 is 14.2 Å². The molecule has 27 heavy (non-hydrogen) atoms. The lowest BCUT2D eigenvalue weighted by molar-refractivity contribution is -0.119. The Bertz CT molecular complexity index is 1080. The first-order chi connectivity index (χ1) is 13.2. The van der Waals surface area contributed by atoms with Crippen molar-refractivity contribution >= 4 is 11.5 Å². The summed E-state index contributed by atoms with van der Waals surface area (Å²) in [7, 11) is 0. The van der Waals surface area contributed by atoms with E-state index in [-0.39, 0.29) is 19.1 Å². The van der Waals surface area contributed by atoms with Gasteiger partial charge in [-0.15, -0.1) is 0 Å². The van der Waals surface area contributed by atoms with Gasteiger partial charge in [0.25, 0.3) is 0 Å². The minimum Gasteiger partial charge on any atom is -0.457 e. The van der Waals surface area contributed by atoms with Crippen LogP contribution in [0.2, 0.25) is 0 Å². The van der Waals surface area contributed by atoms with Crippen molar-refractivity contribution in [3.8, 4) is 28.5 Å². The van der Waals surface area contributed by atoms with E-state index < -0.39 is 0 Å². The molecule has 6 nitrogen and oxygen atoms in total. The molecule has 0 aliphatic carbocycles. The quantitative estimate of drug-likeness (QED) is 0.713. The first-order valence-electron chi connectivity index (χ1n) is 8.61. The number of aromatic nitrogens is 2. The van der Waals surface area contributed by atoms with Gasteiger partial charge in [0.05, 0.1) is 17.5 Å². The third kappa shape index (κ3) is 2.66. The molecule has 0 saturated heterocycles. The average molecular weight is 360 g/mol. The molecule has 3 aromatic rings. The summed E-state index contributed by atoms with van der Waals surface area (Å²) >= 11 is 0. The summed E-state index contributed by atoms with van der Waals surface area (Å²) in [6, 6.07) is 13.3. The smallest absolute Gasteiger partial charge is 0.231 e. The van der Waals surface area contributed by atoms with E-state index in [0.717, 1.165) is 28.1 Å². The van der Waals surface area contributed by atoms with Crippen molar-refractivity contribution in [2.75, 3.05) is 6.79 Å². The van der Waals surface area contributed by atoms with Gasteiger partial charge >= 0.3 is 0 Å². The largest absolute Gasteiger partial charge is 0.457 e. The Hall–Kier alpha value is -3.54. The van der Waals surface area contributed by atoms with Crippen molar-refractivity contribution in [3.63, 3.8) is 0 Å². The Morgan fingerprint density at radius 3 is 2.85 bits per heavy atom. The number of hydrogen-bond acceptors (Lipinski definition) is 5. The lowest BCUT2D eigenvalue weighted by Crippen LogP contribution is -2.16. The fourth-order valence-electron chi connectivity index (χ4n) is 3.43. The molecular formula is C21H16N2O4. The summed E-state index contributed by atoms with van der Waals surface area (Å²) < 4.78 is 18.2. The minimum atomic E-state index is 0.0503. The van der Waals surface area contributed by atoms with Crippen LogP contribution in [-0.2, 0) is 17.8 Å². The molecule has 0 amide bonds. The normalized spacial score (nSPS) is 13.7. The van der Waals surface area contributed by atoms with E-state index in [9.17, 15) is 4.79 Å². The van der Waals surface area contributed by atoms with E-state index in [2.05, 4.69) is 11.7 Å². The second-order valence-electron chi connectivity index (χ2n) is 6.49. The van der Waals surface area contributed by atoms with Crippen LogP contribution in [0.3, 0.4) is 0 Å². The maximum absolute atomic E-state index is 12.7. The van der Waals surface area contributed by atoms with Gasteiger partial charge in [-0.3, -0.25) is 9.48 Å². The van der Waals surface area contributed by atoms with Crippen molar-refractivity contribution < 1.29 is 19.0 Å². The number of fused-ring (bicyclic) bond motifs is 4. The predicted octanol–water partition coefficient (Wildman–Crippen LogP) is 3.45. The zero-order valence-electron chi connectivity index (χ0n) is 14.5. The van der Waals surface area contributed by atoms with Crippen molar-refractivity contribution in [2.45, 2.75) is 13.0 Å². The minimum absolute atomic E-state index is 0.0503. The maximum Gasteiger partial charge on any atom is 0.231 e.